The molecule has 0 aliphatic rings. The summed E-state index contributed by atoms with van der Waals surface area (Å²) >= 11 is 0. The molecule has 120 valence electrons. The fourth-order valence-electron chi connectivity index (χ4n) is 2.32. The smallest absolute Gasteiger partial charge is 0.252 e. The zero-order valence-electron chi connectivity index (χ0n) is 13.4. The van der Waals surface area contributed by atoms with Crippen molar-refractivity contribution >= 4 is 10.2 Å². The Hall–Kier alpha value is -1.86. The van der Waals surface area contributed by atoms with Crippen LogP contribution in [0.15, 0.2) is 23.1 Å². The summed E-state index contributed by atoms with van der Waals surface area (Å²) < 4.78 is 35.3. The topological polar surface area (TPSA) is 73.6 Å². The predicted octanol–water partition coefficient (Wildman–Crippen LogP) is 2.59. The Morgan fingerprint density at radius 2 is 1.86 bits per heavy atom. The molecule has 1 unspecified atom stereocenters. The molecular formula is C15H21N2O4S+. The molecule has 0 bridgehead atoms. The fourth-order valence-corrected chi connectivity index (χ4v) is 3.87. The minimum Gasteiger partial charge on any atom is -0.493 e. The van der Waals surface area contributed by atoms with Gasteiger partial charge in [0.15, 0.2) is 22.1 Å². The molecule has 0 radical (unpaired) electrons. The summed E-state index contributed by atoms with van der Waals surface area (Å²) in [6.07, 6.45) is 0. The Kier molecular flexibility index (Phi) is 4.58. The molecule has 0 amide bonds. The highest BCUT2D eigenvalue weighted by Gasteiger charge is 2.33. The van der Waals surface area contributed by atoms with Crippen molar-refractivity contribution in [2.75, 3.05) is 14.2 Å². The summed E-state index contributed by atoms with van der Waals surface area (Å²) in [5, 5.41) is 4.28. The summed E-state index contributed by atoms with van der Waals surface area (Å²) in [7, 11) is 1.60. The van der Waals surface area contributed by atoms with Crippen LogP contribution in [0.1, 0.15) is 17.0 Å². The second-order valence-corrected chi connectivity index (χ2v) is 7.12. The molecule has 0 spiro atoms. The molecule has 2 rings (SSSR count). The van der Waals surface area contributed by atoms with Gasteiger partial charge in [-0.3, -0.25) is 4.68 Å². The Labute approximate surface area is 131 Å². The molecule has 1 aromatic heterocycles. The first-order chi connectivity index (χ1) is 10.3. The lowest BCUT2D eigenvalue weighted by molar-refractivity contribution is 0.353. The second-order valence-electron chi connectivity index (χ2n) is 5.07. The molecule has 1 aromatic carbocycles. The standard InChI is InChI=1S/C15H20N2O4S/c1-10-13(11(2)17(3)16-10)9-22(18,19)12-6-7-14(20-4)15(8-12)21-5/h6-8H,9H2,1-5H3/p+1. The number of nitrogens with zero attached hydrogens (tertiary/aromatic N) is 2. The van der Waals surface area contributed by atoms with Gasteiger partial charge in [-0.25, -0.2) is 0 Å². The van der Waals surface area contributed by atoms with Gasteiger partial charge in [-0.2, -0.15) is 9.65 Å². The van der Waals surface area contributed by atoms with E-state index < -0.39 is 10.2 Å². The highest BCUT2D eigenvalue weighted by Crippen LogP contribution is 2.33. The summed E-state index contributed by atoms with van der Waals surface area (Å²) in [4.78, 5) is 0.313. The fraction of sp³-hybridized carbons (Fsp3) is 0.400. The monoisotopic (exact) mass is 325 g/mol. The molecule has 1 atom stereocenters. The highest BCUT2D eigenvalue weighted by molar-refractivity contribution is 7.97. The maximum absolute atomic E-state index is 12.8. The van der Waals surface area contributed by atoms with E-state index in [0.717, 1.165) is 17.0 Å². The molecular weight excluding hydrogens is 304 g/mol. The van der Waals surface area contributed by atoms with E-state index in [4.69, 9.17) is 9.47 Å². The van der Waals surface area contributed by atoms with Crippen LogP contribution < -0.4 is 9.47 Å². The first-order valence-electron chi connectivity index (χ1n) is 6.75. The number of hydrogen-bond acceptors (Lipinski definition) is 4. The Bertz CT molecular complexity index is 739. The lowest BCUT2D eigenvalue weighted by Gasteiger charge is -2.10. The average molecular weight is 325 g/mol. The molecule has 0 aliphatic carbocycles. The van der Waals surface area contributed by atoms with Crippen molar-refractivity contribution in [3.05, 3.63) is 35.2 Å². The van der Waals surface area contributed by atoms with Gasteiger partial charge in [0.05, 0.1) is 19.9 Å². The van der Waals surface area contributed by atoms with E-state index in [-0.39, 0.29) is 5.75 Å². The maximum Gasteiger partial charge on any atom is 0.252 e. The third kappa shape index (κ3) is 3.00. The van der Waals surface area contributed by atoms with Gasteiger partial charge in [0.1, 0.15) is 0 Å². The van der Waals surface area contributed by atoms with Gasteiger partial charge >= 0.3 is 0 Å². The normalized spacial score (nSPS) is 13.7. The van der Waals surface area contributed by atoms with Crippen LogP contribution in [0.5, 0.6) is 11.5 Å². The van der Waals surface area contributed by atoms with Gasteiger partial charge in [0.2, 0.25) is 0 Å². The average Bonchev–Trinajstić information content (AvgIpc) is 2.72. The molecule has 22 heavy (non-hydrogen) atoms. The minimum absolute atomic E-state index is 0.0218. The molecule has 1 heterocycles. The number of aryl methyl sites for hydroxylation is 2. The van der Waals surface area contributed by atoms with Crippen molar-refractivity contribution in [2.45, 2.75) is 24.5 Å². The summed E-state index contributed by atoms with van der Waals surface area (Å²) in [5.41, 5.74) is 2.45. The van der Waals surface area contributed by atoms with E-state index in [1.54, 1.807) is 22.9 Å². The number of hydrogen-bond donors (Lipinski definition) is 1. The molecule has 0 fully saturated rings. The van der Waals surface area contributed by atoms with Crippen molar-refractivity contribution in [1.29, 1.82) is 0 Å². The van der Waals surface area contributed by atoms with E-state index in [0.29, 0.717) is 16.4 Å². The largest absolute Gasteiger partial charge is 0.493 e. The number of ether oxygens (including phenoxy) is 2. The van der Waals surface area contributed by atoms with Gasteiger partial charge in [-0.05, 0) is 26.0 Å². The van der Waals surface area contributed by atoms with Gasteiger partial charge in [0, 0.05) is 24.4 Å². The van der Waals surface area contributed by atoms with Crippen LogP contribution in [-0.2, 0) is 27.2 Å². The molecule has 2 aromatic rings. The van der Waals surface area contributed by atoms with Crippen LogP contribution in [0, 0.1) is 13.8 Å². The van der Waals surface area contributed by atoms with E-state index in [1.807, 2.05) is 20.9 Å². The molecule has 7 heteroatoms. The van der Waals surface area contributed by atoms with Gasteiger partial charge < -0.3 is 9.47 Å². The quantitative estimate of drug-likeness (QED) is 0.855. The number of rotatable bonds is 5. The number of aromatic nitrogens is 2. The van der Waals surface area contributed by atoms with Crippen molar-refractivity contribution in [3.63, 3.8) is 0 Å². The summed E-state index contributed by atoms with van der Waals surface area (Å²) in [5.74, 6) is 0.977. The maximum atomic E-state index is 12.8. The third-order valence-electron chi connectivity index (χ3n) is 3.72. The van der Waals surface area contributed by atoms with Gasteiger partial charge in [-0.15, -0.1) is 0 Å². The van der Waals surface area contributed by atoms with Crippen LogP contribution in [0.2, 0.25) is 0 Å². The van der Waals surface area contributed by atoms with Crippen LogP contribution in [0.3, 0.4) is 0 Å². The molecule has 0 saturated carbocycles. The first-order valence-corrected chi connectivity index (χ1v) is 8.44. The van der Waals surface area contributed by atoms with E-state index in [2.05, 4.69) is 5.10 Å². The Morgan fingerprint density at radius 3 is 2.36 bits per heavy atom. The van der Waals surface area contributed by atoms with Crippen molar-refractivity contribution in [2.24, 2.45) is 7.05 Å². The van der Waals surface area contributed by atoms with Crippen LogP contribution in [0.4, 0.5) is 0 Å². The first kappa shape index (κ1) is 16.5. The molecule has 0 saturated heterocycles. The SMILES string of the molecule is COc1ccc([S+](=O)(O)Cc2c(C)nn(C)c2C)cc1OC. The molecule has 6 nitrogen and oxygen atoms in total. The van der Waals surface area contributed by atoms with Gasteiger partial charge in [0.25, 0.3) is 10.2 Å². The van der Waals surface area contributed by atoms with E-state index in [1.165, 1.54) is 14.2 Å². The molecule has 0 aliphatic heterocycles. The Balaban J connectivity index is 2.40. The zero-order valence-corrected chi connectivity index (χ0v) is 14.2. The van der Waals surface area contributed by atoms with Crippen LogP contribution >= 0.6 is 0 Å². The minimum atomic E-state index is -3.24. The third-order valence-corrected chi connectivity index (χ3v) is 5.39. The van der Waals surface area contributed by atoms with E-state index in [9.17, 15) is 8.76 Å². The summed E-state index contributed by atoms with van der Waals surface area (Å²) in [6.45, 7) is 3.73. The Morgan fingerprint density at radius 1 is 1.23 bits per heavy atom. The lowest BCUT2D eigenvalue weighted by atomic mass is 10.2. The van der Waals surface area contributed by atoms with Crippen molar-refractivity contribution < 1.29 is 18.2 Å². The lowest BCUT2D eigenvalue weighted by Crippen LogP contribution is -2.14. The highest BCUT2D eigenvalue weighted by atomic mass is 32.3. The van der Waals surface area contributed by atoms with Crippen LogP contribution in [-0.4, -0.2) is 28.6 Å². The summed E-state index contributed by atoms with van der Waals surface area (Å²) in [6, 6.07) is 4.76. The van der Waals surface area contributed by atoms with Crippen LogP contribution in [0.25, 0.3) is 0 Å². The number of methoxy groups -OCH3 is 2. The second kappa shape index (κ2) is 6.10. The van der Waals surface area contributed by atoms with Gasteiger partial charge in [-0.1, -0.05) is 4.21 Å². The predicted molar refractivity (Wildman–Crippen MR) is 84.9 cm³/mol. The van der Waals surface area contributed by atoms with E-state index >= 15 is 0 Å². The zero-order chi connectivity index (χ0) is 16.5. The number of benzene rings is 1. The molecule has 1 N–H and O–H groups in total. The van der Waals surface area contributed by atoms with Crippen molar-refractivity contribution in [1.82, 2.24) is 9.78 Å². The van der Waals surface area contributed by atoms with Crippen molar-refractivity contribution in [3.8, 4) is 11.5 Å².